The maximum Gasteiger partial charge on any atom is 0.235 e. The van der Waals surface area contributed by atoms with Crippen LogP contribution in [0.3, 0.4) is 0 Å². The summed E-state index contributed by atoms with van der Waals surface area (Å²) in [5, 5.41) is 4.31. The smallest absolute Gasteiger partial charge is 0.235 e. The van der Waals surface area contributed by atoms with Gasteiger partial charge >= 0.3 is 0 Å². The fraction of sp³-hybridized carbons (Fsp3) is 0.583. The van der Waals surface area contributed by atoms with Crippen LogP contribution in [-0.4, -0.2) is 20.9 Å². The van der Waals surface area contributed by atoms with Crippen LogP contribution in [0, 0.1) is 0 Å². The Bertz CT molecular complexity index is 451. The molecule has 0 aliphatic carbocycles. The Morgan fingerprint density at radius 2 is 2.17 bits per heavy atom. The van der Waals surface area contributed by atoms with Crippen molar-refractivity contribution in [1.82, 2.24) is 5.32 Å². The fourth-order valence-electron chi connectivity index (χ4n) is 1.30. The van der Waals surface area contributed by atoms with Crippen LogP contribution in [0.5, 0.6) is 0 Å². The molecule has 1 amide bonds. The van der Waals surface area contributed by atoms with Crippen LogP contribution in [0.15, 0.2) is 15.2 Å². The summed E-state index contributed by atoms with van der Waals surface area (Å²) in [5.41, 5.74) is 0.710. The number of hydrogen-bond acceptors (Lipinski definition) is 3. The van der Waals surface area contributed by atoms with Crippen molar-refractivity contribution < 1.29 is 9.00 Å². The van der Waals surface area contributed by atoms with Gasteiger partial charge in [-0.1, -0.05) is 0 Å². The Morgan fingerprint density at radius 3 is 2.61 bits per heavy atom. The summed E-state index contributed by atoms with van der Waals surface area (Å²) in [6.07, 6.45) is 0. The standard InChI is InChI=1S/C12H18BrNO2S2/c1-8(11(15)14-12(2,3)4)18(16)7-9-5-10(13)17-6-9/h5-6,8H,7H2,1-4H3,(H,14,15)/t8-,18-/m0/s1. The molecule has 0 spiro atoms. The first kappa shape index (κ1) is 15.9. The van der Waals surface area contributed by atoms with E-state index in [1.54, 1.807) is 18.3 Å². The molecule has 1 aromatic rings. The van der Waals surface area contributed by atoms with Gasteiger partial charge in [0, 0.05) is 16.3 Å². The van der Waals surface area contributed by atoms with E-state index in [2.05, 4.69) is 21.2 Å². The number of hydrogen-bond donors (Lipinski definition) is 1. The topological polar surface area (TPSA) is 46.2 Å². The molecule has 1 heterocycles. The van der Waals surface area contributed by atoms with Gasteiger partial charge in [-0.15, -0.1) is 11.3 Å². The molecule has 0 saturated heterocycles. The van der Waals surface area contributed by atoms with Crippen LogP contribution in [0.1, 0.15) is 33.3 Å². The van der Waals surface area contributed by atoms with Crippen LogP contribution in [0.25, 0.3) is 0 Å². The third kappa shape index (κ3) is 5.20. The minimum atomic E-state index is -1.19. The first-order valence-corrected chi connectivity index (χ1v) is 8.66. The van der Waals surface area contributed by atoms with Gasteiger partial charge in [0.15, 0.2) is 0 Å². The molecule has 0 unspecified atom stereocenters. The Kier molecular flexibility index (Phi) is 5.55. The SMILES string of the molecule is C[C@@H](C(=O)NC(C)(C)C)[S@@](=O)Cc1csc(Br)c1. The zero-order valence-corrected chi connectivity index (χ0v) is 14.2. The van der Waals surface area contributed by atoms with Crippen molar-refractivity contribution in [2.75, 3.05) is 0 Å². The summed E-state index contributed by atoms with van der Waals surface area (Å²) in [6.45, 7) is 7.45. The molecule has 1 rings (SSSR count). The molecule has 102 valence electrons. The van der Waals surface area contributed by atoms with E-state index in [0.29, 0.717) is 5.75 Å². The summed E-state index contributed by atoms with van der Waals surface area (Å²) in [4.78, 5) is 11.9. The van der Waals surface area contributed by atoms with Crippen molar-refractivity contribution in [2.45, 2.75) is 44.2 Å². The lowest BCUT2D eigenvalue weighted by Crippen LogP contribution is -2.46. The molecule has 2 atom stereocenters. The van der Waals surface area contributed by atoms with Gasteiger partial charge in [0.05, 0.1) is 9.54 Å². The molecular weight excluding hydrogens is 334 g/mol. The number of carbonyl (C=O) groups is 1. The quantitative estimate of drug-likeness (QED) is 0.905. The minimum absolute atomic E-state index is 0.157. The average Bonchev–Trinajstić information content (AvgIpc) is 2.60. The summed E-state index contributed by atoms with van der Waals surface area (Å²) in [6, 6.07) is 1.94. The van der Waals surface area contributed by atoms with Crippen LogP contribution >= 0.6 is 27.3 Å². The van der Waals surface area contributed by atoms with E-state index >= 15 is 0 Å². The first-order chi connectivity index (χ1) is 8.19. The monoisotopic (exact) mass is 351 g/mol. The number of amides is 1. The van der Waals surface area contributed by atoms with Crippen molar-refractivity contribution in [2.24, 2.45) is 0 Å². The van der Waals surface area contributed by atoms with Gasteiger partial charge in [0.25, 0.3) is 0 Å². The zero-order valence-electron chi connectivity index (χ0n) is 11.0. The number of carbonyl (C=O) groups excluding carboxylic acids is 1. The van der Waals surface area contributed by atoms with Crippen LogP contribution in [0.4, 0.5) is 0 Å². The van der Waals surface area contributed by atoms with E-state index < -0.39 is 16.0 Å². The third-order valence-electron chi connectivity index (χ3n) is 2.19. The Morgan fingerprint density at radius 1 is 1.56 bits per heavy atom. The molecule has 0 fully saturated rings. The number of halogens is 1. The van der Waals surface area contributed by atoms with Gasteiger partial charge in [-0.05, 0) is 60.6 Å². The number of rotatable bonds is 4. The molecule has 0 radical (unpaired) electrons. The van der Waals surface area contributed by atoms with Gasteiger partial charge in [0.1, 0.15) is 5.25 Å². The second-order valence-corrected chi connectivity index (χ2v) is 9.21. The number of nitrogens with one attached hydrogen (secondary N) is 1. The maximum atomic E-state index is 12.1. The molecule has 1 N–H and O–H groups in total. The van der Waals surface area contributed by atoms with E-state index in [-0.39, 0.29) is 11.4 Å². The minimum Gasteiger partial charge on any atom is -0.350 e. The van der Waals surface area contributed by atoms with Crippen LogP contribution in [0.2, 0.25) is 0 Å². The van der Waals surface area contributed by atoms with Crippen LogP contribution in [-0.2, 0) is 21.3 Å². The molecular formula is C12H18BrNO2S2. The summed E-state index contributed by atoms with van der Waals surface area (Å²) in [5.74, 6) is 0.260. The van der Waals surface area contributed by atoms with E-state index in [1.165, 1.54) is 0 Å². The Labute approximate surface area is 123 Å². The Hall–Kier alpha value is -0.200. The summed E-state index contributed by atoms with van der Waals surface area (Å²) >= 11 is 4.93. The molecule has 6 heteroatoms. The predicted molar refractivity (Wildman–Crippen MR) is 81.2 cm³/mol. The lowest BCUT2D eigenvalue weighted by Gasteiger charge is -2.22. The van der Waals surface area contributed by atoms with Crippen LogP contribution < -0.4 is 5.32 Å². The normalized spacial score (nSPS) is 15.2. The molecule has 0 bridgehead atoms. The first-order valence-electron chi connectivity index (χ1n) is 5.61. The van der Waals surface area contributed by atoms with Crippen molar-refractivity contribution in [3.63, 3.8) is 0 Å². The van der Waals surface area contributed by atoms with Crippen molar-refractivity contribution in [1.29, 1.82) is 0 Å². The molecule has 1 aromatic heterocycles. The highest BCUT2D eigenvalue weighted by Gasteiger charge is 2.24. The maximum absolute atomic E-state index is 12.1. The third-order valence-corrected chi connectivity index (χ3v) is 5.37. The summed E-state index contributed by atoms with van der Waals surface area (Å²) < 4.78 is 13.1. The van der Waals surface area contributed by atoms with Crippen molar-refractivity contribution in [3.05, 3.63) is 20.8 Å². The lowest BCUT2D eigenvalue weighted by molar-refractivity contribution is -0.121. The molecule has 18 heavy (non-hydrogen) atoms. The highest BCUT2D eigenvalue weighted by molar-refractivity contribution is 9.11. The lowest BCUT2D eigenvalue weighted by atomic mass is 10.1. The second kappa shape index (κ2) is 6.30. The molecule has 3 nitrogen and oxygen atoms in total. The predicted octanol–water partition coefficient (Wildman–Crippen LogP) is 3.06. The Balaban J connectivity index is 2.59. The van der Waals surface area contributed by atoms with Gasteiger partial charge in [-0.25, -0.2) is 0 Å². The van der Waals surface area contributed by atoms with E-state index in [9.17, 15) is 9.00 Å². The van der Waals surface area contributed by atoms with E-state index in [1.807, 2.05) is 32.2 Å². The van der Waals surface area contributed by atoms with E-state index in [0.717, 1.165) is 9.35 Å². The molecule has 0 aromatic carbocycles. The van der Waals surface area contributed by atoms with Gasteiger partial charge in [-0.3, -0.25) is 9.00 Å². The number of thiophene rings is 1. The molecule has 0 saturated carbocycles. The molecule has 0 aliphatic rings. The highest BCUT2D eigenvalue weighted by Crippen LogP contribution is 2.22. The van der Waals surface area contributed by atoms with Crippen molar-refractivity contribution in [3.8, 4) is 0 Å². The fourth-order valence-corrected chi connectivity index (χ4v) is 3.66. The molecule has 0 aliphatic heterocycles. The highest BCUT2D eigenvalue weighted by atomic mass is 79.9. The second-order valence-electron chi connectivity index (χ2n) is 5.17. The van der Waals surface area contributed by atoms with Gasteiger partial charge < -0.3 is 5.32 Å². The average molecular weight is 352 g/mol. The summed E-state index contributed by atoms with van der Waals surface area (Å²) in [7, 11) is -1.19. The van der Waals surface area contributed by atoms with E-state index in [4.69, 9.17) is 0 Å². The van der Waals surface area contributed by atoms with Gasteiger partial charge in [-0.2, -0.15) is 0 Å². The largest absolute Gasteiger partial charge is 0.350 e. The van der Waals surface area contributed by atoms with Crippen molar-refractivity contribution >= 4 is 44.0 Å². The zero-order chi connectivity index (χ0) is 13.9. The van der Waals surface area contributed by atoms with Gasteiger partial charge in [0.2, 0.25) is 5.91 Å².